The van der Waals surface area contributed by atoms with Crippen molar-refractivity contribution in [1.82, 2.24) is 10.2 Å². The molecule has 2 rings (SSSR count). The Bertz CT molecular complexity index is 369. The van der Waals surface area contributed by atoms with Crippen LogP contribution >= 0.6 is 11.3 Å². The normalized spacial score (nSPS) is 23.5. The molecule has 0 radical (unpaired) electrons. The van der Waals surface area contributed by atoms with Gasteiger partial charge in [-0.1, -0.05) is 31.1 Å². The van der Waals surface area contributed by atoms with E-state index in [2.05, 4.69) is 22.4 Å². The van der Waals surface area contributed by atoms with Crippen LogP contribution in [0.3, 0.4) is 0 Å². The minimum Gasteiger partial charge on any atom is -0.393 e. The van der Waals surface area contributed by atoms with Crippen LogP contribution in [0.4, 0.5) is 5.13 Å². The molecule has 1 saturated carbocycles. The van der Waals surface area contributed by atoms with E-state index in [1.165, 1.54) is 19.3 Å². The highest BCUT2D eigenvalue weighted by Crippen LogP contribution is 2.28. The third kappa shape index (κ3) is 4.73. The van der Waals surface area contributed by atoms with Crippen molar-refractivity contribution in [1.29, 1.82) is 0 Å². The molecule has 1 aliphatic carbocycles. The van der Waals surface area contributed by atoms with Crippen LogP contribution in [0, 0.1) is 5.92 Å². The maximum absolute atomic E-state index is 9.91. The van der Waals surface area contributed by atoms with E-state index >= 15 is 0 Å². The number of aliphatic hydroxyl groups excluding tert-OH is 1. The smallest absolute Gasteiger partial charge is 0.205 e. The molecule has 0 bridgehead atoms. The molecule has 2 atom stereocenters. The Hall–Kier alpha value is -0.680. The fourth-order valence-electron chi connectivity index (χ4n) is 2.72. The van der Waals surface area contributed by atoms with Crippen LogP contribution in [0.2, 0.25) is 0 Å². The minimum absolute atomic E-state index is 0.0635. The lowest BCUT2D eigenvalue weighted by molar-refractivity contribution is 0.0648. The zero-order valence-electron chi connectivity index (χ0n) is 11.8. The molecule has 0 saturated heterocycles. The predicted octanol–water partition coefficient (Wildman–Crippen LogP) is 3.23. The molecule has 1 fully saturated rings. The first kappa shape index (κ1) is 14.7. The molecular formula is C14H25N3OS. The van der Waals surface area contributed by atoms with Gasteiger partial charge in [0.15, 0.2) is 0 Å². The molecule has 1 aliphatic rings. The van der Waals surface area contributed by atoms with E-state index < -0.39 is 0 Å². The van der Waals surface area contributed by atoms with Crippen molar-refractivity contribution in [2.24, 2.45) is 5.92 Å². The summed E-state index contributed by atoms with van der Waals surface area (Å²) in [4.78, 5) is 0. The molecule has 0 aliphatic heterocycles. The molecule has 1 heterocycles. The Morgan fingerprint density at radius 2 is 2.16 bits per heavy atom. The summed E-state index contributed by atoms with van der Waals surface area (Å²) in [5.41, 5.74) is 0. The van der Waals surface area contributed by atoms with Gasteiger partial charge in [-0.25, -0.2) is 0 Å². The van der Waals surface area contributed by atoms with Crippen molar-refractivity contribution in [3.05, 3.63) is 5.01 Å². The highest BCUT2D eigenvalue weighted by molar-refractivity contribution is 7.15. The number of hydrogen-bond donors (Lipinski definition) is 2. The van der Waals surface area contributed by atoms with Gasteiger partial charge < -0.3 is 10.4 Å². The Balaban J connectivity index is 1.62. The largest absolute Gasteiger partial charge is 0.393 e. The van der Waals surface area contributed by atoms with Crippen LogP contribution in [0.5, 0.6) is 0 Å². The lowest BCUT2D eigenvalue weighted by atomic mass is 9.83. The van der Waals surface area contributed by atoms with Gasteiger partial charge in [0, 0.05) is 13.0 Å². The molecule has 0 aromatic carbocycles. The summed E-state index contributed by atoms with van der Waals surface area (Å²) >= 11 is 1.66. The van der Waals surface area contributed by atoms with Gasteiger partial charge in [0.1, 0.15) is 5.01 Å². The van der Waals surface area contributed by atoms with E-state index in [9.17, 15) is 5.11 Å². The molecule has 1 aromatic rings. The molecule has 0 amide bonds. The van der Waals surface area contributed by atoms with Crippen LogP contribution in [-0.2, 0) is 6.42 Å². The van der Waals surface area contributed by atoms with Crippen LogP contribution in [0.1, 0.15) is 56.9 Å². The van der Waals surface area contributed by atoms with Gasteiger partial charge in [-0.15, -0.1) is 10.2 Å². The third-order valence-corrected chi connectivity index (χ3v) is 4.77. The summed E-state index contributed by atoms with van der Waals surface area (Å²) in [7, 11) is 0. The van der Waals surface area contributed by atoms with Gasteiger partial charge >= 0.3 is 0 Å². The maximum Gasteiger partial charge on any atom is 0.205 e. The molecule has 5 heteroatoms. The quantitative estimate of drug-likeness (QED) is 0.754. The van der Waals surface area contributed by atoms with E-state index in [1.807, 2.05) is 0 Å². The first-order chi connectivity index (χ1) is 9.29. The number of nitrogens with zero attached hydrogens (tertiary/aromatic N) is 2. The van der Waals surface area contributed by atoms with Crippen molar-refractivity contribution < 1.29 is 5.11 Å². The molecule has 0 spiro atoms. The van der Waals surface area contributed by atoms with E-state index in [0.717, 1.165) is 48.8 Å². The van der Waals surface area contributed by atoms with E-state index in [4.69, 9.17) is 0 Å². The monoisotopic (exact) mass is 283 g/mol. The Labute approximate surface area is 119 Å². The average Bonchev–Trinajstić information content (AvgIpc) is 2.85. The van der Waals surface area contributed by atoms with Crippen LogP contribution in [0.25, 0.3) is 0 Å². The molecule has 108 valence electrons. The fourth-order valence-corrected chi connectivity index (χ4v) is 3.59. The van der Waals surface area contributed by atoms with Gasteiger partial charge in [0.05, 0.1) is 6.10 Å². The third-order valence-electron chi connectivity index (χ3n) is 3.83. The van der Waals surface area contributed by atoms with Crippen molar-refractivity contribution in [2.75, 3.05) is 11.9 Å². The highest BCUT2D eigenvalue weighted by atomic mass is 32.1. The lowest BCUT2D eigenvalue weighted by Gasteiger charge is -2.27. The molecule has 2 N–H and O–H groups in total. The van der Waals surface area contributed by atoms with Gasteiger partial charge in [0.2, 0.25) is 5.13 Å². The Morgan fingerprint density at radius 3 is 2.95 bits per heavy atom. The summed E-state index contributed by atoms with van der Waals surface area (Å²) in [6.07, 6.45) is 8.97. The standard InChI is InChI=1S/C14H25N3OS/c1-2-6-13-16-17-14(19-13)15-10-5-8-11-7-3-4-9-12(11)18/h11-12,18H,2-10H2,1H3,(H,15,17). The summed E-state index contributed by atoms with van der Waals surface area (Å²) in [6, 6.07) is 0. The topological polar surface area (TPSA) is 58.0 Å². The van der Waals surface area contributed by atoms with Crippen LogP contribution in [-0.4, -0.2) is 28.0 Å². The van der Waals surface area contributed by atoms with Gasteiger partial charge in [-0.05, 0) is 38.0 Å². The number of nitrogens with one attached hydrogen (secondary N) is 1. The Morgan fingerprint density at radius 1 is 1.32 bits per heavy atom. The molecule has 2 unspecified atom stereocenters. The van der Waals surface area contributed by atoms with Gasteiger partial charge in [-0.3, -0.25) is 0 Å². The predicted molar refractivity (Wildman–Crippen MR) is 79.6 cm³/mol. The van der Waals surface area contributed by atoms with Gasteiger partial charge in [-0.2, -0.15) is 0 Å². The van der Waals surface area contributed by atoms with E-state index in [1.54, 1.807) is 11.3 Å². The minimum atomic E-state index is -0.0635. The van der Waals surface area contributed by atoms with Crippen LogP contribution in [0.15, 0.2) is 0 Å². The second-order valence-corrected chi connectivity index (χ2v) is 6.49. The number of aliphatic hydroxyl groups is 1. The zero-order chi connectivity index (χ0) is 13.5. The number of anilines is 1. The number of aryl methyl sites for hydroxylation is 1. The molecule has 19 heavy (non-hydrogen) atoms. The van der Waals surface area contributed by atoms with Crippen LogP contribution < -0.4 is 5.32 Å². The first-order valence-electron chi connectivity index (χ1n) is 7.54. The van der Waals surface area contributed by atoms with Crippen molar-refractivity contribution in [3.63, 3.8) is 0 Å². The second kappa shape index (κ2) is 7.80. The molecular weight excluding hydrogens is 258 g/mol. The summed E-state index contributed by atoms with van der Waals surface area (Å²) < 4.78 is 0. The second-order valence-electron chi connectivity index (χ2n) is 5.43. The maximum atomic E-state index is 9.91. The molecule has 1 aromatic heterocycles. The average molecular weight is 283 g/mol. The fraction of sp³-hybridized carbons (Fsp3) is 0.857. The first-order valence-corrected chi connectivity index (χ1v) is 8.35. The SMILES string of the molecule is CCCc1nnc(NCCCC2CCCCC2O)s1. The summed E-state index contributed by atoms with van der Waals surface area (Å²) in [6.45, 7) is 3.09. The van der Waals surface area contributed by atoms with Crippen molar-refractivity contribution in [2.45, 2.75) is 64.4 Å². The number of rotatable bonds is 7. The molecule has 4 nitrogen and oxygen atoms in total. The summed E-state index contributed by atoms with van der Waals surface area (Å²) in [5.74, 6) is 0.514. The summed E-state index contributed by atoms with van der Waals surface area (Å²) in [5, 5.41) is 23.6. The van der Waals surface area contributed by atoms with Gasteiger partial charge in [0.25, 0.3) is 0 Å². The highest BCUT2D eigenvalue weighted by Gasteiger charge is 2.22. The Kier molecular flexibility index (Phi) is 6.04. The van der Waals surface area contributed by atoms with Crippen molar-refractivity contribution >= 4 is 16.5 Å². The van der Waals surface area contributed by atoms with Crippen molar-refractivity contribution in [3.8, 4) is 0 Å². The van der Waals surface area contributed by atoms with E-state index in [-0.39, 0.29) is 6.10 Å². The number of aromatic nitrogens is 2. The lowest BCUT2D eigenvalue weighted by Crippen LogP contribution is -2.24. The van der Waals surface area contributed by atoms with E-state index in [0.29, 0.717) is 5.92 Å². The zero-order valence-corrected chi connectivity index (χ0v) is 12.6. The number of hydrogen-bond acceptors (Lipinski definition) is 5.